The second-order valence-electron chi connectivity index (χ2n) is 4.29. The van der Waals surface area contributed by atoms with Crippen molar-refractivity contribution in [3.05, 3.63) is 42.2 Å². The zero-order valence-electron chi connectivity index (χ0n) is 10.8. The second-order valence-corrected chi connectivity index (χ2v) is 4.29. The summed E-state index contributed by atoms with van der Waals surface area (Å²) in [6.07, 6.45) is 1.69. The van der Waals surface area contributed by atoms with Crippen LogP contribution in [0.25, 0.3) is 16.7 Å². The fourth-order valence-corrected chi connectivity index (χ4v) is 2.15. The standard InChI is InChI=1S/C14H14N4O/c1-9-13-12(15)7-8-16-14(13)18(17-9)10-3-5-11(19-2)6-4-10/h3-8H,1-2H3,(H2,15,16). The lowest BCUT2D eigenvalue weighted by atomic mass is 10.2. The van der Waals surface area contributed by atoms with Gasteiger partial charge in [-0.2, -0.15) is 5.10 Å². The van der Waals surface area contributed by atoms with E-state index in [1.54, 1.807) is 24.1 Å². The Morgan fingerprint density at radius 2 is 1.89 bits per heavy atom. The van der Waals surface area contributed by atoms with Crippen molar-refractivity contribution in [3.8, 4) is 11.4 Å². The van der Waals surface area contributed by atoms with Crippen LogP contribution in [-0.4, -0.2) is 21.9 Å². The molecule has 0 saturated carbocycles. The molecule has 0 aliphatic rings. The van der Waals surface area contributed by atoms with Gasteiger partial charge in [0.1, 0.15) is 5.75 Å². The lowest BCUT2D eigenvalue weighted by molar-refractivity contribution is 0.414. The van der Waals surface area contributed by atoms with Crippen LogP contribution >= 0.6 is 0 Å². The summed E-state index contributed by atoms with van der Waals surface area (Å²) in [5.74, 6) is 0.810. The SMILES string of the molecule is COc1ccc(-n2nc(C)c3c(N)ccnc32)cc1. The molecule has 0 bridgehead atoms. The Morgan fingerprint density at radius 1 is 1.16 bits per heavy atom. The van der Waals surface area contributed by atoms with Gasteiger partial charge in [-0.05, 0) is 37.3 Å². The Bertz CT molecular complexity index is 731. The molecule has 0 aliphatic carbocycles. The van der Waals surface area contributed by atoms with E-state index in [2.05, 4.69) is 10.1 Å². The first kappa shape index (κ1) is 11.5. The van der Waals surface area contributed by atoms with Crippen LogP contribution in [0, 0.1) is 6.92 Å². The van der Waals surface area contributed by atoms with E-state index in [0.717, 1.165) is 28.2 Å². The molecular weight excluding hydrogens is 240 g/mol. The van der Waals surface area contributed by atoms with Crippen LogP contribution < -0.4 is 10.5 Å². The third-order valence-corrected chi connectivity index (χ3v) is 3.09. The van der Waals surface area contributed by atoms with Crippen molar-refractivity contribution in [1.82, 2.24) is 14.8 Å². The normalized spacial score (nSPS) is 10.8. The van der Waals surface area contributed by atoms with Gasteiger partial charge in [-0.25, -0.2) is 9.67 Å². The monoisotopic (exact) mass is 254 g/mol. The van der Waals surface area contributed by atoms with Gasteiger partial charge in [0.05, 0.1) is 23.9 Å². The highest BCUT2D eigenvalue weighted by Crippen LogP contribution is 2.25. The minimum absolute atomic E-state index is 0.697. The highest BCUT2D eigenvalue weighted by molar-refractivity contribution is 5.90. The van der Waals surface area contributed by atoms with Crippen molar-refractivity contribution in [1.29, 1.82) is 0 Å². The highest BCUT2D eigenvalue weighted by atomic mass is 16.5. The first-order valence-corrected chi connectivity index (χ1v) is 5.95. The summed E-state index contributed by atoms with van der Waals surface area (Å²) in [6.45, 7) is 1.93. The molecule has 2 heterocycles. The van der Waals surface area contributed by atoms with Crippen LogP contribution in [0.4, 0.5) is 5.69 Å². The van der Waals surface area contributed by atoms with Crippen LogP contribution in [0.1, 0.15) is 5.69 Å². The maximum atomic E-state index is 5.98. The van der Waals surface area contributed by atoms with Gasteiger partial charge in [0.2, 0.25) is 0 Å². The van der Waals surface area contributed by atoms with Crippen LogP contribution in [0.15, 0.2) is 36.5 Å². The van der Waals surface area contributed by atoms with E-state index in [9.17, 15) is 0 Å². The number of methoxy groups -OCH3 is 1. The van der Waals surface area contributed by atoms with Crippen LogP contribution in [-0.2, 0) is 0 Å². The van der Waals surface area contributed by atoms with Gasteiger partial charge >= 0.3 is 0 Å². The van der Waals surface area contributed by atoms with E-state index in [1.165, 1.54) is 0 Å². The molecule has 3 aromatic rings. The molecule has 1 aromatic carbocycles. The summed E-state index contributed by atoms with van der Waals surface area (Å²) >= 11 is 0. The van der Waals surface area contributed by atoms with Gasteiger partial charge in [-0.3, -0.25) is 0 Å². The fraction of sp³-hybridized carbons (Fsp3) is 0.143. The van der Waals surface area contributed by atoms with Gasteiger partial charge in [0.25, 0.3) is 0 Å². The Labute approximate surface area is 110 Å². The van der Waals surface area contributed by atoms with Gasteiger partial charge in [0.15, 0.2) is 5.65 Å². The number of hydrogen-bond acceptors (Lipinski definition) is 4. The lowest BCUT2D eigenvalue weighted by Gasteiger charge is -2.04. The van der Waals surface area contributed by atoms with E-state index in [1.807, 2.05) is 31.2 Å². The van der Waals surface area contributed by atoms with Gasteiger partial charge in [-0.15, -0.1) is 0 Å². The predicted octanol–water partition coefficient (Wildman–Crippen LogP) is 2.32. The van der Waals surface area contributed by atoms with Gasteiger partial charge in [0, 0.05) is 11.9 Å². The third-order valence-electron chi connectivity index (χ3n) is 3.09. The molecular formula is C14H14N4O. The first-order valence-electron chi connectivity index (χ1n) is 5.95. The van der Waals surface area contributed by atoms with Crippen molar-refractivity contribution >= 4 is 16.7 Å². The Hall–Kier alpha value is -2.56. The maximum Gasteiger partial charge on any atom is 0.165 e. The smallest absolute Gasteiger partial charge is 0.165 e. The summed E-state index contributed by atoms with van der Waals surface area (Å²) in [6, 6.07) is 9.45. The van der Waals surface area contributed by atoms with E-state index >= 15 is 0 Å². The maximum absolute atomic E-state index is 5.98. The van der Waals surface area contributed by atoms with Crippen LogP contribution in [0.5, 0.6) is 5.75 Å². The van der Waals surface area contributed by atoms with Crippen LogP contribution in [0.3, 0.4) is 0 Å². The van der Waals surface area contributed by atoms with Crippen LogP contribution in [0.2, 0.25) is 0 Å². The second kappa shape index (κ2) is 4.28. The van der Waals surface area contributed by atoms with Crippen molar-refractivity contribution < 1.29 is 4.74 Å². The van der Waals surface area contributed by atoms with Crippen molar-refractivity contribution in [3.63, 3.8) is 0 Å². The molecule has 5 nitrogen and oxygen atoms in total. The van der Waals surface area contributed by atoms with Crippen molar-refractivity contribution in [2.24, 2.45) is 0 Å². The van der Waals surface area contributed by atoms with E-state index in [0.29, 0.717) is 5.69 Å². The summed E-state index contributed by atoms with van der Waals surface area (Å²) < 4.78 is 6.94. The zero-order chi connectivity index (χ0) is 13.4. The molecule has 0 radical (unpaired) electrons. The molecule has 3 rings (SSSR count). The quantitative estimate of drug-likeness (QED) is 0.762. The Balaban J connectivity index is 2.22. The lowest BCUT2D eigenvalue weighted by Crippen LogP contribution is -1.98. The number of fused-ring (bicyclic) bond motifs is 1. The number of pyridine rings is 1. The number of ether oxygens (including phenoxy) is 1. The van der Waals surface area contributed by atoms with E-state index in [-0.39, 0.29) is 0 Å². The first-order chi connectivity index (χ1) is 9.20. The number of nitrogens with zero attached hydrogens (tertiary/aromatic N) is 3. The molecule has 0 aliphatic heterocycles. The fourth-order valence-electron chi connectivity index (χ4n) is 2.15. The summed E-state index contributed by atoms with van der Waals surface area (Å²) in [7, 11) is 1.64. The molecule has 0 atom stereocenters. The number of nitrogens with two attached hydrogens (primary N) is 1. The van der Waals surface area contributed by atoms with Gasteiger partial charge in [-0.1, -0.05) is 0 Å². The van der Waals surface area contributed by atoms with Crippen molar-refractivity contribution in [2.45, 2.75) is 6.92 Å². The Morgan fingerprint density at radius 3 is 2.58 bits per heavy atom. The summed E-state index contributed by atoms with van der Waals surface area (Å²) in [5.41, 5.74) is 9.24. The third kappa shape index (κ3) is 1.79. The van der Waals surface area contributed by atoms with E-state index in [4.69, 9.17) is 10.5 Å². The topological polar surface area (TPSA) is 66.0 Å². The average molecular weight is 254 g/mol. The minimum atomic E-state index is 0.697. The number of benzene rings is 1. The average Bonchev–Trinajstić information content (AvgIpc) is 2.78. The molecule has 19 heavy (non-hydrogen) atoms. The summed E-state index contributed by atoms with van der Waals surface area (Å²) in [5, 5.41) is 5.41. The van der Waals surface area contributed by atoms with Gasteiger partial charge < -0.3 is 10.5 Å². The number of hydrogen-bond donors (Lipinski definition) is 1. The molecule has 2 N–H and O–H groups in total. The highest BCUT2D eigenvalue weighted by Gasteiger charge is 2.12. The largest absolute Gasteiger partial charge is 0.497 e. The molecule has 0 unspecified atom stereocenters. The number of aryl methyl sites for hydroxylation is 1. The number of anilines is 1. The molecule has 2 aromatic heterocycles. The molecule has 0 saturated heterocycles. The number of rotatable bonds is 2. The van der Waals surface area contributed by atoms with Crippen molar-refractivity contribution in [2.75, 3.05) is 12.8 Å². The summed E-state index contributed by atoms with van der Waals surface area (Å²) in [4.78, 5) is 4.37. The molecule has 0 spiro atoms. The molecule has 96 valence electrons. The minimum Gasteiger partial charge on any atom is -0.497 e. The molecule has 0 fully saturated rings. The number of aromatic nitrogens is 3. The Kier molecular flexibility index (Phi) is 2.59. The number of nitrogen functional groups attached to an aromatic ring is 1. The molecule has 0 amide bonds. The predicted molar refractivity (Wildman–Crippen MR) is 74.6 cm³/mol. The molecule has 5 heteroatoms. The van der Waals surface area contributed by atoms with E-state index < -0.39 is 0 Å². The zero-order valence-corrected chi connectivity index (χ0v) is 10.8.